The summed E-state index contributed by atoms with van der Waals surface area (Å²) < 4.78 is 6.94. The van der Waals surface area contributed by atoms with E-state index in [0.29, 0.717) is 12.7 Å². The van der Waals surface area contributed by atoms with Crippen LogP contribution >= 0.6 is 15.9 Å². The van der Waals surface area contributed by atoms with Crippen LogP contribution in [0, 0.1) is 0 Å². The third kappa shape index (κ3) is 3.82. The van der Waals surface area contributed by atoms with E-state index in [4.69, 9.17) is 9.94 Å². The highest BCUT2D eigenvalue weighted by atomic mass is 79.9. The lowest BCUT2D eigenvalue weighted by Gasteiger charge is -2.22. The van der Waals surface area contributed by atoms with Gasteiger partial charge in [0.1, 0.15) is 0 Å². The van der Waals surface area contributed by atoms with Crippen LogP contribution in [0.2, 0.25) is 0 Å². The van der Waals surface area contributed by atoms with E-state index < -0.39 is 0 Å². The Bertz CT molecular complexity index is 396. The second-order valence-corrected chi connectivity index (χ2v) is 5.22. The molecule has 0 radical (unpaired) electrons. The Hall–Kier alpha value is -0.870. The van der Waals surface area contributed by atoms with Crippen LogP contribution in [-0.2, 0) is 11.3 Å². The SMILES string of the molecule is ON=C1CCC(OCc2cccc(Br)c2)CC1. The van der Waals surface area contributed by atoms with Gasteiger partial charge in [0, 0.05) is 4.47 Å². The summed E-state index contributed by atoms with van der Waals surface area (Å²) in [5, 5.41) is 11.9. The van der Waals surface area contributed by atoms with Crippen molar-refractivity contribution < 1.29 is 9.94 Å². The van der Waals surface area contributed by atoms with Gasteiger partial charge in [0.15, 0.2) is 0 Å². The molecule has 0 heterocycles. The third-order valence-electron chi connectivity index (χ3n) is 3.03. The first-order valence-electron chi connectivity index (χ1n) is 5.84. The summed E-state index contributed by atoms with van der Waals surface area (Å²) in [6.45, 7) is 0.649. The van der Waals surface area contributed by atoms with E-state index in [9.17, 15) is 0 Å². The first kappa shape index (κ1) is 12.6. The number of oxime groups is 1. The minimum absolute atomic E-state index is 0.291. The smallest absolute Gasteiger partial charge is 0.0721 e. The fourth-order valence-corrected chi connectivity index (χ4v) is 2.48. The van der Waals surface area contributed by atoms with Gasteiger partial charge in [0.25, 0.3) is 0 Å². The normalized spacial score (nSPS) is 20.3. The number of hydrogen-bond donors (Lipinski definition) is 1. The van der Waals surface area contributed by atoms with Crippen molar-refractivity contribution in [1.82, 2.24) is 0 Å². The summed E-state index contributed by atoms with van der Waals surface area (Å²) >= 11 is 3.45. The molecule has 0 aliphatic heterocycles. The Morgan fingerprint density at radius 3 is 2.76 bits per heavy atom. The van der Waals surface area contributed by atoms with Gasteiger partial charge in [-0.1, -0.05) is 33.2 Å². The maximum Gasteiger partial charge on any atom is 0.0721 e. The quantitative estimate of drug-likeness (QED) is 0.682. The number of hydrogen-bond acceptors (Lipinski definition) is 3. The number of benzene rings is 1. The van der Waals surface area contributed by atoms with Crippen molar-refractivity contribution in [2.45, 2.75) is 38.4 Å². The van der Waals surface area contributed by atoms with Crippen LogP contribution in [0.15, 0.2) is 33.9 Å². The van der Waals surface area contributed by atoms with Gasteiger partial charge >= 0.3 is 0 Å². The molecule has 4 heteroatoms. The summed E-state index contributed by atoms with van der Waals surface area (Å²) in [7, 11) is 0. The Labute approximate surface area is 110 Å². The fraction of sp³-hybridized carbons (Fsp3) is 0.462. The molecule has 0 saturated heterocycles. The molecule has 0 spiro atoms. The van der Waals surface area contributed by atoms with Gasteiger partial charge in [-0.2, -0.15) is 0 Å². The van der Waals surface area contributed by atoms with Crippen molar-refractivity contribution in [3.8, 4) is 0 Å². The monoisotopic (exact) mass is 297 g/mol. The zero-order chi connectivity index (χ0) is 12.1. The van der Waals surface area contributed by atoms with Gasteiger partial charge in [-0.3, -0.25) is 0 Å². The van der Waals surface area contributed by atoms with Crippen molar-refractivity contribution >= 4 is 21.6 Å². The lowest BCUT2D eigenvalue weighted by atomic mass is 9.96. The van der Waals surface area contributed by atoms with Crippen LogP contribution in [0.1, 0.15) is 31.2 Å². The van der Waals surface area contributed by atoms with E-state index in [1.54, 1.807) is 0 Å². The van der Waals surface area contributed by atoms with E-state index in [0.717, 1.165) is 35.9 Å². The summed E-state index contributed by atoms with van der Waals surface area (Å²) in [4.78, 5) is 0. The number of ether oxygens (including phenoxy) is 1. The van der Waals surface area contributed by atoms with E-state index in [1.807, 2.05) is 12.1 Å². The molecule has 0 bridgehead atoms. The molecule has 1 fully saturated rings. The van der Waals surface area contributed by atoms with E-state index in [-0.39, 0.29) is 0 Å². The molecule has 3 nitrogen and oxygen atoms in total. The molecule has 1 aromatic rings. The molecule has 0 aromatic heterocycles. The summed E-state index contributed by atoms with van der Waals surface area (Å²) in [5.41, 5.74) is 2.08. The van der Waals surface area contributed by atoms with Crippen molar-refractivity contribution in [2.75, 3.05) is 0 Å². The van der Waals surface area contributed by atoms with Crippen molar-refractivity contribution in [3.05, 3.63) is 34.3 Å². The van der Waals surface area contributed by atoms with Crippen molar-refractivity contribution in [1.29, 1.82) is 0 Å². The molecule has 17 heavy (non-hydrogen) atoms. The van der Waals surface area contributed by atoms with Gasteiger partial charge in [0.2, 0.25) is 0 Å². The molecule has 0 amide bonds. The highest BCUT2D eigenvalue weighted by molar-refractivity contribution is 9.10. The van der Waals surface area contributed by atoms with E-state index in [1.165, 1.54) is 5.56 Å². The number of rotatable bonds is 3. The van der Waals surface area contributed by atoms with Gasteiger partial charge < -0.3 is 9.94 Å². The minimum atomic E-state index is 0.291. The highest BCUT2D eigenvalue weighted by Crippen LogP contribution is 2.21. The second-order valence-electron chi connectivity index (χ2n) is 4.31. The van der Waals surface area contributed by atoms with Gasteiger partial charge in [-0.25, -0.2) is 0 Å². The van der Waals surface area contributed by atoms with E-state index in [2.05, 4.69) is 33.2 Å². The van der Waals surface area contributed by atoms with Crippen LogP contribution in [0.25, 0.3) is 0 Å². The Balaban J connectivity index is 1.79. The third-order valence-corrected chi connectivity index (χ3v) is 3.52. The van der Waals surface area contributed by atoms with Crippen molar-refractivity contribution in [2.24, 2.45) is 5.16 Å². The lowest BCUT2D eigenvalue weighted by Crippen LogP contribution is -2.21. The molecule has 0 unspecified atom stereocenters. The summed E-state index contributed by atoms with van der Waals surface area (Å²) in [6.07, 6.45) is 3.89. The molecule has 92 valence electrons. The molecule has 1 aliphatic rings. The highest BCUT2D eigenvalue weighted by Gasteiger charge is 2.18. The van der Waals surface area contributed by atoms with Crippen LogP contribution in [0.3, 0.4) is 0 Å². The first-order chi connectivity index (χ1) is 8.28. The summed E-state index contributed by atoms with van der Waals surface area (Å²) in [5.74, 6) is 0. The van der Waals surface area contributed by atoms with Gasteiger partial charge in [-0.05, 0) is 43.4 Å². The molecular weight excluding hydrogens is 282 g/mol. The van der Waals surface area contributed by atoms with Crippen LogP contribution in [-0.4, -0.2) is 17.0 Å². The number of halogens is 1. The maximum atomic E-state index is 8.66. The standard InChI is InChI=1S/C13H16BrNO2/c14-11-3-1-2-10(8-11)9-17-13-6-4-12(15-16)5-7-13/h1-3,8,13,16H,4-7,9H2. The zero-order valence-corrected chi connectivity index (χ0v) is 11.2. The largest absolute Gasteiger partial charge is 0.411 e. The Kier molecular flexibility index (Phi) is 4.57. The molecule has 1 N–H and O–H groups in total. The van der Waals surface area contributed by atoms with Crippen molar-refractivity contribution in [3.63, 3.8) is 0 Å². The average molecular weight is 298 g/mol. The van der Waals surface area contributed by atoms with E-state index >= 15 is 0 Å². The Morgan fingerprint density at radius 1 is 1.35 bits per heavy atom. The molecule has 1 aliphatic carbocycles. The molecule has 2 rings (SSSR count). The molecular formula is C13H16BrNO2. The van der Waals surface area contributed by atoms with Gasteiger partial charge in [0.05, 0.1) is 18.4 Å². The van der Waals surface area contributed by atoms with Gasteiger partial charge in [-0.15, -0.1) is 0 Å². The fourth-order valence-electron chi connectivity index (χ4n) is 2.03. The lowest BCUT2D eigenvalue weighted by molar-refractivity contribution is 0.0277. The Morgan fingerprint density at radius 2 is 2.12 bits per heavy atom. The van der Waals surface area contributed by atoms with Crippen LogP contribution in [0.5, 0.6) is 0 Å². The molecule has 0 atom stereocenters. The average Bonchev–Trinajstić information content (AvgIpc) is 2.37. The van der Waals surface area contributed by atoms with Crippen LogP contribution in [0.4, 0.5) is 0 Å². The second kappa shape index (κ2) is 6.17. The molecule has 1 aromatic carbocycles. The minimum Gasteiger partial charge on any atom is -0.411 e. The van der Waals surface area contributed by atoms with Crippen LogP contribution < -0.4 is 0 Å². The predicted molar refractivity (Wildman–Crippen MR) is 70.4 cm³/mol. The topological polar surface area (TPSA) is 41.8 Å². The summed E-state index contributed by atoms with van der Waals surface area (Å²) in [6, 6.07) is 8.16. The molecule has 1 saturated carbocycles. The maximum absolute atomic E-state index is 8.66. The predicted octanol–water partition coefficient (Wildman–Crippen LogP) is 3.74. The zero-order valence-electron chi connectivity index (χ0n) is 9.60. The first-order valence-corrected chi connectivity index (χ1v) is 6.63. The number of nitrogens with zero attached hydrogens (tertiary/aromatic N) is 1.